The zero-order chi connectivity index (χ0) is 16.5. The molecule has 0 unspecified atom stereocenters. The van der Waals surface area contributed by atoms with Gasteiger partial charge in [-0.15, -0.1) is 5.10 Å². The molecule has 0 saturated carbocycles. The van der Waals surface area contributed by atoms with Gasteiger partial charge in [0.1, 0.15) is 17.9 Å². The van der Waals surface area contributed by atoms with E-state index in [2.05, 4.69) is 14.9 Å². The monoisotopic (exact) mass is 319 g/mol. The van der Waals surface area contributed by atoms with Crippen LogP contribution in [0.4, 0.5) is 0 Å². The van der Waals surface area contributed by atoms with Gasteiger partial charge in [-0.2, -0.15) is 0 Å². The van der Waals surface area contributed by atoms with Crippen LogP contribution < -0.4 is 5.73 Å². The minimum Gasteiger partial charge on any atom is -0.388 e. The first-order chi connectivity index (χ1) is 11.7. The number of rotatable bonds is 5. The van der Waals surface area contributed by atoms with Gasteiger partial charge in [0.2, 0.25) is 0 Å². The number of imidazole rings is 1. The number of para-hydroxylation sites is 3. The van der Waals surface area contributed by atoms with Crippen LogP contribution in [-0.4, -0.2) is 30.4 Å². The predicted molar refractivity (Wildman–Crippen MR) is 92.9 cm³/mol. The molecule has 0 fully saturated rings. The van der Waals surface area contributed by atoms with Gasteiger partial charge >= 0.3 is 0 Å². The fourth-order valence-electron chi connectivity index (χ4n) is 2.90. The summed E-state index contributed by atoms with van der Waals surface area (Å²) >= 11 is 0. The minimum absolute atomic E-state index is 0.171. The number of nitrogens with one attached hydrogen (secondary N) is 1. The smallest absolute Gasteiger partial charge is 0.131 e. The SMILES string of the molecule is N=C(N)CCn1c(Cn2nnc3ccccc32)nc2ccccc21. The molecule has 0 aliphatic heterocycles. The highest BCUT2D eigenvalue weighted by Gasteiger charge is 2.13. The summed E-state index contributed by atoms with van der Waals surface area (Å²) in [7, 11) is 0. The lowest BCUT2D eigenvalue weighted by Gasteiger charge is -2.09. The van der Waals surface area contributed by atoms with Gasteiger partial charge in [-0.1, -0.05) is 29.5 Å². The Balaban J connectivity index is 1.77. The van der Waals surface area contributed by atoms with Crippen molar-refractivity contribution in [1.82, 2.24) is 24.5 Å². The van der Waals surface area contributed by atoms with Crippen LogP contribution in [0.2, 0.25) is 0 Å². The van der Waals surface area contributed by atoms with Gasteiger partial charge in [0.05, 0.1) is 22.4 Å². The number of amidine groups is 1. The second-order valence-electron chi connectivity index (χ2n) is 5.68. The van der Waals surface area contributed by atoms with Crippen molar-refractivity contribution in [2.24, 2.45) is 5.73 Å². The van der Waals surface area contributed by atoms with E-state index >= 15 is 0 Å². The lowest BCUT2D eigenvalue weighted by molar-refractivity contribution is 0.600. The Hall–Kier alpha value is -3.22. The maximum Gasteiger partial charge on any atom is 0.131 e. The fraction of sp³-hybridized carbons (Fsp3) is 0.176. The molecule has 2 heterocycles. The fourth-order valence-corrected chi connectivity index (χ4v) is 2.90. The van der Waals surface area contributed by atoms with E-state index in [1.807, 2.05) is 53.2 Å². The largest absolute Gasteiger partial charge is 0.388 e. The van der Waals surface area contributed by atoms with Crippen molar-refractivity contribution < 1.29 is 0 Å². The van der Waals surface area contributed by atoms with Crippen molar-refractivity contribution in [1.29, 1.82) is 5.41 Å². The Morgan fingerprint density at radius 3 is 2.50 bits per heavy atom. The van der Waals surface area contributed by atoms with E-state index in [9.17, 15) is 0 Å². The highest BCUT2D eigenvalue weighted by atomic mass is 15.4. The predicted octanol–water partition coefficient (Wildman–Crippen LogP) is 2.16. The molecule has 0 amide bonds. The Bertz CT molecular complexity index is 1030. The van der Waals surface area contributed by atoms with Gasteiger partial charge in [-0.05, 0) is 24.3 Å². The Labute approximate surface area is 138 Å². The highest BCUT2D eigenvalue weighted by molar-refractivity contribution is 5.78. The van der Waals surface area contributed by atoms with E-state index < -0.39 is 0 Å². The Morgan fingerprint density at radius 2 is 1.71 bits per heavy atom. The summed E-state index contributed by atoms with van der Waals surface area (Å²) in [5.41, 5.74) is 9.35. The van der Waals surface area contributed by atoms with E-state index in [0.29, 0.717) is 19.5 Å². The molecule has 0 spiro atoms. The minimum atomic E-state index is 0.171. The summed E-state index contributed by atoms with van der Waals surface area (Å²) in [5.74, 6) is 1.05. The van der Waals surface area contributed by atoms with Crippen molar-refractivity contribution in [3.63, 3.8) is 0 Å². The maximum atomic E-state index is 7.50. The van der Waals surface area contributed by atoms with Gasteiger partial charge in [0, 0.05) is 13.0 Å². The number of hydrogen-bond acceptors (Lipinski definition) is 4. The average molecular weight is 319 g/mol. The standard InChI is InChI=1S/C17H17N7/c18-16(19)9-10-23-14-7-3-1-5-12(14)20-17(23)11-24-15-8-4-2-6-13(15)21-22-24/h1-8H,9-11H2,(H3,18,19). The van der Waals surface area contributed by atoms with Gasteiger partial charge in [0.15, 0.2) is 0 Å². The number of aromatic nitrogens is 5. The van der Waals surface area contributed by atoms with Gasteiger partial charge < -0.3 is 10.3 Å². The van der Waals surface area contributed by atoms with Crippen molar-refractivity contribution in [2.45, 2.75) is 19.5 Å². The molecular weight excluding hydrogens is 302 g/mol. The number of fused-ring (bicyclic) bond motifs is 2. The summed E-state index contributed by atoms with van der Waals surface area (Å²) in [6.45, 7) is 1.14. The molecule has 3 N–H and O–H groups in total. The third-order valence-electron chi connectivity index (χ3n) is 4.05. The van der Waals surface area contributed by atoms with E-state index in [1.165, 1.54) is 0 Å². The molecule has 7 heteroatoms. The van der Waals surface area contributed by atoms with Gasteiger partial charge in [0.25, 0.3) is 0 Å². The summed E-state index contributed by atoms with van der Waals surface area (Å²) in [5, 5.41) is 15.9. The molecule has 2 aromatic carbocycles. The summed E-state index contributed by atoms with van der Waals surface area (Å²) < 4.78 is 3.95. The molecule has 0 aliphatic rings. The number of hydrogen-bond donors (Lipinski definition) is 2. The van der Waals surface area contributed by atoms with Crippen LogP contribution in [0.3, 0.4) is 0 Å². The Kier molecular flexibility index (Phi) is 3.45. The first-order valence-corrected chi connectivity index (χ1v) is 7.77. The van der Waals surface area contributed by atoms with Crippen LogP contribution >= 0.6 is 0 Å². The molecule has 0 atom stereocenters. The second kappa shape index (κ2) is 5.77. The lowest BCUT2D eigenvalue weighted by atomic mass is 10.3. The molecule has 4 rings (SSSR count). The van der Waals surface area contributed by atoms with Crippen LogP contribution in [0.1, 0.15) is 12.2 Å². The molecule has 120 valence electrons. The molecule has 0 radical (unpaired) electrons. The third kappa shape index (κ3) is 2.50. The zero-order valence-corrected chi connectivity index (χ0v) is 13.1. The van der Waals surface area contributed by atoms with Crippen LogP contribution in [0.25, 0.3) is 22.1 Å². The van der Waals surface area contributed by atoms with E-state index in [0.717, 1.165) is 27.9 Å². The van der Waals surface area contributed by atoms with Crippen molar-refractivity contribution in [3.8, 4) is 0 Å². The summed E-state index contributed by atoms with van der Waals surface area (Å²) in [6, 6.07) is 15.8. The van der Waals surface area contributed by atoms with Gasteiger partial charge in [-0.25, -0.2) is 9.67 Å². The third-order valence-corrected chi connectivity index (χ3v) is 4.05. The average Bonchev–Trinajstić information content (AvgIpc) is 3.15. The van der Waals surface area contributed by atoms with Crippen LogP contribution in [0.15, 0.2) is 48.5 Å². The van der Waals surface area contributed by atoms with Crippen LogP contribution in [0, 0.1) is 5.41 Å². The van der Waals surface area contributed by atoms with E-state index in [-0.39, 0.29) is 5.84 Å². The van der Waals surface area contributed by atoms with Crippen LogP contribution in [-0.2, 0) is 13.1 Å². The number of nitrogens with two attached hydrogens (primary N) is 1. The van der Waals surface area contributed by atoms with E-state index in [4.69, 9.17) is 16.1 Å². The number of aryl methyl sites for hydroxylation is 1. The first-order valence-electron chi connectivity index (χ1n) is 7.77. The first kappa shape index (κ1) is 14.4. The normalized spacial score (nSPS) is 11.3. The molecule has 0 bridgehead atoms. The second-order valence-corrected chi connectivity index (χ2v) is 5.68. The summed E-state index contributed by atoms with van der Waals surface area (Å²) in [4.78, 5) is 4.74. The molecule has 4 aromatic rings. The summed E-state index contributed by atoms with van der Waals surface area (Å²) in [6.07, 6.45) is 0.492. The molecule has 24 heavy (non-hydrogen) atoms. The zero-order valence-electron chi connectivity index (χ0n) is 13.1. The lowest BCUT2D eigenvalue weighted by Crippen LogP contribution is -2.16. The Morgan fingerprint density at radius 1 is 1.00 bits per heavy atom. The van der Waals surface area contributed by atoms with E-state index in [1.54, 1.807) is 0 Å². The van der Waals surface area contributed by atoms with Crippen molar-refractivity contribution >= 4 is 27.9 Å². The molecular formula is C17H17N7. The molecule has 7 nitrogen and oxygen atoms in total. The highest BCUT2D eigenvalue weighted by Crippen LogP contribution is 2.19. The molecule has 2 aromatic heterocycles. The molecule has 0 saturated heterocycles. The van der Waals surface area contributed by atoms with Crippen molar-refractivity contribution in [2.75, 3.05) is 0 Å². The van der Waals surface area contributed by atoms with Crippen molar-refractivity contribution in [3.05, 3.63) is 54.4 Å². The van der Waals surface area contributed by atoms with Gasteiger partial charge in [-0.3, -0.25) is 5.41 Å². The van der Waals surface area contributed by atoms with Crippen LogP contribution in [0.5, 0.6) is 0 Å². The topological polar surface area (TPSA) is 98.4 Å². The maximum absolute atomic E-state index is 7.50. The number of benzene rings is 2. The number of nitrogens with zero attached hydrogens (tertiary/aromatic N) is 5. The molecule has 0 aliphatic carbocycles. The quantitative estimate of drug-likeness (QED) is 0.435.